The summed E-state index contributed by atoms with van der Waals surface area (Å²) in [6.07, 6.45) is 0.777. The molecule has 1 heterocycles. The van der Waals surface area contributed by atoms with Gasteiger partial charge >= 0.3 is 0 Å². The second-order valence-corrected chi connectivity index (χ2v) is 6.60. The number of anilines is 1. The fraction of sp³-hybridized carbons (Fsp3) is 0.154. The molecule has 1 amide bonds. The average Bonchev–Trinajstić information content (AvgIpc) is 2.78. The van der Waals surface area contributed by atoms with E-state index in [1.807, 2.05) is 12.1 Å². The lowest BCUT2D eigenvalue weighted by Crippen LogP contribution is -2.25. The molecule has 0 saturated carbocycles. The predicted molar refractivity (Wildman–Crippen MR) is 83.9 cm³/mol. The summed E-state index contributed by atoms with van der Waals surface area (Å²) >= 11 is 10.7. The quantitative estimate of drug-likeness (QED) is 0.818. The van der Waals surface area contributed by atoms with E-state index in [2.05, 4.69) is 21.2 Å². The van der Waals surface area contributed by atoms with Crippen molar-refractivity contribution >= 4 is 50.5 Å². The Balaban J connectivity index is 1.89. The third-order valence-electron chi connectivity index (χ3n) is 2.55. The van der Waals surface area contributed by atoms with Crippen LogP contribution in [0.15, 0.2) is 34.8 Å². The smallest absolute Gasteiger partial charge is 0.251 e. The molecule has 0 bridgehead atoms. The van der Waals surface area contributed by atoms with Gasteiger partial charge < -0.3 is 11.1 Å². The summed E-state index contributed by atoms with van der Waals surface area (Å²) in [5, 5.41) is 2.87. The highest BCUT2D eigenvalue weighted by molar-refractivity contribution is 9.10. The van der Waals surface area contributed by atoms with Crippen molar-refractivity contribution in [2.45, 2.75) is 6.42 Å². The minimum Gasteiger partial charge on any atom is -0.398 e. The van der Waals surface area contributed by atoms with Gasteiger partial charge in [-0.1, -0.05) is 11.6 Å². The lowest BCUT2D eigenvalue weighted by Gasteiger charge is -2.06. The molecule has 0 radical (unpaired) electrons. The summed E-state index contributed by atoms with van der Waals surface area (Å²) < 4.78 is 1.49. The Labute approximate surface area is 128 Å². The molecule has 3 N–H and O–H groups in total. The topological polar surface area (TPSA) is 55.1 Å². The minimum absolute atomic E-state index is 0.108. The van der Waals surface area contributed by atoms with Gasteiger partial charge in [-0.3, -0.25) is 4.79 Å². The number of carbonyl (C=O) groups is 1. The van der Waals surface area contributed by atoms with E-state index >= 15 is 0 Å². The molecule has 0 atom stereocenters. The Morgan fingerprint density at radius 3 is 2.79 bits per heavy atom. The van der Waals surface area contributed by atoms with Crippen molar-refractivity contribution in [1.82, 2.24) is 5.32 Å². The number of thiophene rings is 1. The molecule has 2 aromatic rings. The fourth-order valence-electron chi connectivity index (χ4n) is 1.56. The first-order chi connectivity index (χ1) is 9.06. The highest BCUT2D eigenvalue weighted by Gasteiger charge is 2.07. The van der Waals surface area contributed by atoms with E-state index in [-0.39, 0.29) is 5.91 Å². The molecule has 0 saturated heterocycles. The maximum Gasteiger partial charge on any atom is 0.251 e. The Kier molecular flexibility index (Phi) is 4.85. The summed E-state index contributed by atoms with van der Waals surface area (Å²) in [6, 6.07) is 8.96. The Hall–Kier alpha value is -1.04. The standard InChI is InChI=1S/C13H12BrClN2OS/c14-10-7-8(1-3-11(10)16)13(18)17-6-5-9-2-4-12(15)19-9/h1-4,7H,5-6,16H2,(H,17,18). The van der Waals surface area contributed by atoms with Crippen molar-refractivity contribution in [3.8, 4) is 0 Å². The van der Waals surface area contributed by atoms with Gasteiger partial charge in [-0.15, -0.1) is 11.3 Å². The molecule has 19 heavy (non-hydrogen) atoms. The van der Waals surface area contributed by atoms with E-state index in [0.717, 1.165) is 20.1 Å². The van der Waals surface area contributed by atoms with Crippen molar-refractivity contribution in [2.24, 2.45) is 0 Å². The van der Waals surface area contributed by atoms with Crippen LogP contribution in [0.25, 0.3) is 0 Å². The van der Waals surface area contributed by atoms with Crippen LogP contribution in [-0.4, -0.2) is 12.5 Å². The summed E-state index contributed by atoms with van der Waals surface area (Å²) in [5.74, 6) is -0.108. The maximum absolute atomic E-state index is 11.9. The normalized spacial score (nSPS) is 10.4. The molecule has 1 aromatic heterocycles. The van der Waals surface area contributed by atoms with Gasteiger partial charge in [0.25, 0.3) is 5.91 Å². The maximum atomic E-state index is 11.9. The third-order valence-corrected chi connectivity index (χ3v) is 4.53. The van der Waals surface area contributed by atoms with E-state index < -0.39 is 0 Å². The Morgan fingerprint density at radius 1 is 1.37 bits per heavy atom. The highest BCUT2D eigenvalue weighted by atomic mass is 79.9. The lowest BCUT2D eigenvalue weighted by molar-refractivity contribution is 0.0954. The van der Waals surface area contributed by atoms with Gasteiger partial charge in [-0.2, -0.15) is 0 Å². The van der Waals surface area contributed by atoms with E-state index in [1.54, 1.807) is 18.2 Å². The van der Waals surface area contributed by atoms with Crippen LogP contribution in [0.4, 0.5) is 5.69 Å². The molecule has 0 spiro atoms. The average molecular weight is 360 g/mol. The molecule has 0 aliphatic heterocycles. The molecule has 0 unspecified atom stereocenters. The molecule has 2 rings (SSSR count). The summed E-state index contributed by atoms with van der Waals surface area (Å²) in [6.45, 7) is 0.581. The number of carbonyl (C=O) groups excluding carboxylic acids is 1. The second-order valence-electron chi connectivity index (χ2n) is 3.95. The zero-order valence-electron chi connectivity index (χ0n) is 9.95. The van der Waals surface area contributed by atoms with Gasteiger partial charge in [-0.25, -0.2) is 0 Å². The summed E-state index contributed by atoms with van der Waals surface area (Å²) in [7, 11) is 0. The number of halogens is 2. The molecule has 0 aliphatic rings. The number of hydrogen-bond acceptors (Lipinski definition) is 3. The van der Waals surface area contributed by atoms with Crippen molar-refractivity contribution in [2.75, 3.05) is 12.3 Å². The van der Waals surface area contributed by atoms with Gasteiger partial charge in [0.1, 0.15) is 0 Å². The molecule has 1 aromatic carbocycles. The van der Waals surface area contributed by atoms with Crippen LogP contribution >= 0.6 is 38.9 Å². The zero-order chi connectivity index (χ0) is 13.8. The predicted octanol–water partition coefficient (Wildman–Crippen LogP) is 3.72. The molecular weight excluding hydrogens is 348 g/mol. The van der Waals surface area contributed by atoms with Crippen LogP contribution in [0.3, 0.4) is 0 Å². The summed E-state index contributed by atoms with van der Waals surface area (Å²) in [5.41, 5.74) is 6.88. The van der Waals surface area contributed by atoms with Gasteiger partial charge in [0.2, 0.25) is 0 Å². The monoisotopic (exact) mass is 358 g/mol. The van der Waals surface area contributed by atoms with Crippen molar-refractivity contribution in [3.63, 3.8) is 0 Å². The van der Waals surface area contributed by atoms with Crippen molar-refractivity contribution in [3.05, 3.63) is 49.6 Å². The Morgan fingerprint density at radius 2 is 2.16 bits per heavy atom. The molecule has 3 nitrogen and oxygen atoms in total. The highest BCUT2D eigenvalue weighted by Crippen LogP contribution is 2.22. The largest absolute Gasteiger partial charge is 0.398 e. The third kappa shape index (κ3) is 3.96. The van der Waals surface area contributed by atoms with Crippen molar-refractivity contribution in [1.29, 1.82) is 0 Å². The molecule has 100 valence electrons. The van der Waals surface area contributed by atoms with Crippen LogP contribution in [0, 0.1) is 0 Å². The van der Waals surface area contributed by atoms with Gasteiger partial charge in [0, 0.05) is 27.1 Å². The van der Waals surface area contributed by atoms with E-state index in [9.17, 15) is 4.79 Å². The van der Waals surface area contributed by atoms with Crippen LogP contribution < -0.4 is 11.1 Å². The lowest BCUT2D eigenvalue weighted by atomic mass is 10.2. The molecule has 0 aliphatic carbocycles. The van der Waals surface area contributed by atoms with Crippen LogP contribution in [0.1, 0.15) is 15.2 Å². The van der Waals surface area contributed by atoms with Gasteiger partial charge in [0.15, 0.2) is 0 Å². The summed E-state index contributed by atoms with van der Waals surface area (Å²) in [4.78, 5) is 13.1. The minimum atomic E-state index is -0.108. The number of nitrogens with one attached hydrogen (secondary N) is 1. The zero-order valence-corrected chi connectivity index (χ0v) is 13.1. The number of rotatable bonds is 4. The van der Waals surface area contributed by atoms with Gasteiger partial charge in [-0.05, 0) is 52.7 Å². The van der Waals surface area contributed by atoms with Gasteiger partial charge in [0.05, 0.1) is 4.34 Å². The van der Waals surface area contributed by atoms with E-state index in [4.69, 9.17) is 17.3 Å². The Bertz CT molecular complexity index is 600. The SMILES string of the molecule is Nc1ccc(C(=O)NCCc2ccc(Cl)s2)cc1Br. The first kappa shape index (κ1) is 14.4. The fourth-order valence-corrected chi connectivity index (χ4v) is 3.02. The van der Waals surface area contributed by atoms with Crippen LogP contribution in [0.5, 0.6) is 0 Å². The van der Waals surface area contributed by atoms with Crippen molar-refractivity contribution < 1.29 is 4.79 Å². The molecule has 0 fully saturated rings. The number of benzene rings is 1. The second kappa shape index (κ2) is 6.41. The number of nitrogen functional groups attached to an aromatic ring is 1. The van der Waals surface area contributed by atoms with Crippen LogP contribution in [0.2, 0.25) is 4.34 Å². The van der Waals surface area contributed by atoms with Crippen LogP contribution in [-0.2, 0) is 6.42 Å². The molecule has 6 heteroatoms. The molecular formula is C13H12BrClN2OS. The van der Waals surface area contributed by atoms with E-state index in [1.165, 1.54) is 11.3 Å². The number of hydrogen-bond donors (Lipinski definition) is 2. The number of amides is 1. The first-order valence-corrected chi connectivity index (χ1v) is 7.62. The number of nitrogens with two attached hydrogens (primary N) is 1. The van der Waals surface area contributed by atoms with E-state index in [0.29, 0.717) is 17.8 Å². The first-order valence-electron chi connectivity index (χ1n) is 5.63.